The van der Waals surface area contributed by atoms with Crippen molar-refractivity contribution in [3.8, 4) is 0 Å². The SMILES string of the molecule is Nc1nc(Br)n(CC(F)(F)c2ccccc2)n1. The molecule has 0 fully saturated rings. The minimum Gasteiger partial charge on any atom is -0.366 e. The lowest BCUT2D eigenvalue weighted by molar-refractivity contribution is -0.0260. The highest BCUT2D eigenvalue weighted by Gasteiger charge is 2.33. The summed E-state index contributed by atoms with van der Waals surface area (Å²) in [5.41, 5.74) is 5.25. The zero-order valence-electron chi connectivity index (χ0n) is 8.65. The van der Waals surface area contributed by atoms with Crippen molar-refractivity contribution in [2.24, 2.45) is 0 Å². The fraction of sp³-hybridized carbons (Fsp3) is 0.200. The number of halogens is 3. The van der Waals surface area contributed by atoms with Crippen LogP contribution in [-0.2, 0) is 12.5 Å². The van der Waals surface area contributed by atoms with E-state index in [9.17, 15) is 8.78 Å². The largest absolute Gasteiger partial charge is 0.366 e. The number of hydrogen-bond donors (Lipinski definition) is 1. The highest BCUT2D eigenvalue weighted by atomic mass is 79.9. The third kappa shape index (κ3) is 2.60. The van der Waals surface area contributed by atoms with Crippen LogP contribution in [-0.4, -0.2) is 14.8 Å². The van der Waals surface area contributed by atoms with Gasteiger partial charge in [0.15, 0.2) is 4.73 Å². The number of benzene rings is 1. The molecular formula is C10H9BrF2N4. The second kappa shape index (κ2) is 4.40. The van der Waals surface area contributed by atoms with Crippen LogP contribution in [0.5, 0.6) is 0 Å². The van der Waals surface area contributed by atoms with Gasteiger partial charge in [0.25, 0.3) is 5.92 Å². The van der Waals surface area contributed by atoms with E-state index in [0.29, 0.717) is 0 Å². The lowest BCUT2D eigenvalue weighted by atomic mass is 10.1. The van der Waals surface area contributed by atoms with Gasteiger partial charge in [-0.1, -0.05) is 30.3 Å². The number of nitrogens with zero attached hydrogens (tertiary/aromatic N) is 3. The molecule has 1 heterocycles. The molecule has 0 atom stereocenters. The standard InChI is InChI=1S/C10H9BrF2N4/c11-8-15-9(14)16-17(8)6-10(12,13)7-4-2-1-3-5-7/h1-5H,6H2,(H2,14,16). The highest BCUT2D eigenvalue weighted by Crippen LogP contribution is 2.30. The number of aromatic nitrogens is 3. The molecule has 0 amide bonds. The smallest absolute Gasteiger partial charge is 0.292 e. The van der Waals surface area contributed by atoms with Gasteiger partial charge < -0.3 is 5.73 Å². The van der Waals surface area contributed by atoms with Crippen LogP contribution in [0.25, 0.3) is 0 Å². The van der Waals surface area contributed by atoms with Crippen molar-refractivity contribution >= 4 is 21.9 Å². The van der Waals surface area contributed by atoms with Crippen LogP contribution in [0.3, 0.4) is 0 Å². The molecule has 17 heavy (non-hydrogen) atoms. The number of alkyl halides is 2. The lowest BCUT2D eigenvalue weighted by Gasteiger charge is -2.16. The van der Waals surface area contributed by atoms with Gasteiger partial charge in [-0.3, -0.25) is 0 Å². The molecule has 2 aromatic rings. The number of hydrogen-bond acceptors (Lipinski definition) is 3. The fourth-order valence-electron chi connectivity index (χ4n) is 1.40. The third-order valence-corrected chi connectivity index (χ3v) is 2.77. The van der Waals surface area contributed by atoms with E-state index >= 15 is 0 Å². The van der Waals surface area contributed by atoms with Crippen LogP contribution in [0.4, 0.5) is 14.7 Å². The van der Waals surface area contributed by atoms with Gasteiger partial charge in [-0.2, -0.15) is 13.8 Å². The van der Waals surface area contributed by atoms with E-state index in [1.54, 1.807) is 18.2 Å². The number of nitrogens with two attached hydrogens (primary N) is 1. The summed E-state index contributed by atoms with van der Waals surface area (Å²) in [6.45, 7) is -0.609. The Morgan fingerprint density at radius 3 is 2.47 bits per heavy atom. The summed E-state index contributed by atoms with van der Waals surface area (Å²) >= 11 is 3.02. The van der Waals surface area contributed by atoms with E-state index in [0.717, 1.165) is 4.68 Å². The van der Waals surface area contributed by atoms with Crippen LogP contribution in [0.15, 0.2) is 35.1 Å². The van der Waals surface area contributed by atoms with Gasteiger partial charge in [0.2, 0.25) is 5.95 Å². The Bertz CT molecular complexity index is 512. The van der Waals surface area contributed by atoms with Crippen LogP contribution in [0.2, 0.25) is 0 Å². The molecule has 0 spiro atoms. The van der Waals surface area contributed by atoms with Crippen molar-refractivity contribution in [2.45, 2.75) is 12.5 Å². The normalized spacial score (nSPS) is 11.7. The Kier molecular flexibility index (Phi) is 3.10. The first-order chi connectivity index (χ1) is 7.99. The summed E-state index contributed by atoms with van der Waals surface area (Å²) in [6, 6.07) is 7.55. The maximum atomic E-state index is 13.9. The van der Waals surface area contributed by atoms with Crippen LogP contribution in [0.1, 0.15) is 5.56 Å². The van der Waals surface area contributed by atoms with Crippen molar-refractivity contribution in [1.29, 1.82) is 0 Å². The van der Waals surface area contributed by atoms with Crippen molar-refractivity contribution < 1.29 is 8.78 Å². The Hall–Kier alpha value is -1.50. The van der Waals surface area contributed by atoms with Gasteiger partial charge in [0.1, 0.15) is 6.54 Å². The van der Waals surface area contributed by atoms with Gasteiger partial charge in [0.05, 0.1) is 0 Å². The van der Waals surface area contributed by atoms with Crippen molar-refractivity contribution in [1.82, 2.24) is 14.8 Å². The fourth-order valence-corrected chi connectivity index (χ4v) is 1.79. The zero-order valence-corrected chi connectivity index (χ0v) is 10.2. The Labute approximate surface area is 105 Å². The van der Waals surface area contributed by atoms with E-state index in [-0.39, 0.29) is 16.2 Å². The summed E-state index contributed by atoms with van der Waals surface area (Å²) in [7, 11) is 0. The summed E-state index contributed by atoms with van der Waals surface area (Å²) in [5, 5.41) is 3.68. The molecule has 0 bridgehead atoms. The topological polar surface area (TPSA) is 56.7 Å². The second-order valence-electron chi connectivity index (χ2n) is 3.47. The second-order valence-corrected chi connectivity index (χ2v) is 4.18. The van der Waals surface area contributed by atoms with E-state index in [1.165, 1.54) is 12.1 Å². The molecule has 0 saturated carbocycles. The molecule has 0 saturated heterocycles. The average Bonchev–Trinajstić information content (AvgIpc) is 2.58. The van der Waals surface area contributed by atoms with Crippen LogP contribution >= 0.6 is 15.9 Å². The summed E-state index contributed by atoms with van der Waals surface area (Å²) < 4.78 is 29.0. The minimum atomic E-state index is -3.02. The van der Waals surface area contributed by atoms with E-state index in [4.69, 9.17) is 5.73 Å². The van der Waals surface area contributed by atoms with Gasteiger partial charge in [-0.25, -0.2) is 4.68 Å². The zero-order chi connectivity index (χ0) is 12.5. The Balaban J connectivity index is 2.26. The predicted octanol–water partition coefficient (Wildman–Crippen LogP) is 2.41. The predicted molar refractivity (Wildman–Crippen MR) is 62.5 cm³/mol. The van der Waals surface area contributed by atoms with Gasteiger partial charge in [-0.05, 0) is 15.9 Å². The van der Waals surface area contributed by atoms with E-state index < -0.39 is 12.5 Å². The van der Waals surface area contributed by atoms with Crippen molar-refractivity contribution in [2.75, 3.05) is 5.73 Å². The summed E-state index contributed by atoms with van der Waals surface area (Å²) in [5.74, 6) is -3.06. The first kappa shape index (κ1) is 12.0. The van der Waals surface area contributed by atoms with Crippen molar-refractivity contribution in [3.63, 3.8) is 0 Å². The summed E-state index contributed by atoms with van der Waals surface area (Å²) in [4.78, 5) is 3.70. The molecule has 0 aliphatic carbocycles. The first-order valence-corrected chi connectivity index (χ1v) is 5.57. The van der Waals surface area contributed by atoms with Crippen LogP contribution in [0, 0.1) is 0 Å². The molecular weight excluding hydrogens is 294 g/mol. The highest BCUT2D eigenvalue weighted by molar-refractivity contribution is 9.10. The van der Waals surface area contributed by atoms with E-state index in [1.807, 2.05) is 0 Å². The lowest BCUT2D eigenvalue weighted by Crippen LogP contribution is -2.22. The number of anilines is 1. The third-order valence-electron chi connectivity index (χ3n) is 2.19. The first-order valence-electron chi connectivity index (χ1n) is 4.78. The molecule has 0 aliphatic rings. The maximum absolute atomic E-state index is 13.9. The molecule has 4 nitrogen and oxygen atoms in total. The van der Waals surface area contributed by atoms with Gasteiger partial charge in [0, 0.05) is 5.56 Å². The van der Waals surface area contributed by atoms with Gasteiger partial charge in [-0.15, -0.1) is 5.10 Å². The Morgan fingerprint density at radius 2 is 1.94 bits per heavy atom. The monoisotopic (exact) mass is 302 g/mol. The molecule has 0 unspecified atom stereocenters. The van der Waals surface area contributed by atoms with Crippen LogP contribution < -0.4 is 5.73 Å². The van der Waals surface area contributed by atoms with Gasteiger partial charge >= 0.3 is 0 Å². The maximum Gasteiger partial charge on any atom is 0.292 e. The molecule has 0 aliphatic heterocycles. The minimum absolute atomic E-state index is 0.0410. The quantitative estimate of drug-likeness (QED) is 0.947. The number of nitrogen functional groups attached to an aromatic ring is 1. The molecule has 2 rings (SSSR count). The number of rotatable bonds is 3. The molecule has 7 heteroatoms. The molecule has 1 aromatic heterocycles. The molecule has 90 valence electrons. The average molecular weight is 303 g/mol. The molecule has 2 N–H and O–H groups in total. The Morgan fingerprint density at radius 1 is 1.29 bits per heavy atom. The van der Waals surface area contributed by atoms with Crippen molar-refractivity contribution in [3.05, 3.63) is 40.6 Å². The molecule has 1 aromatic carbocycles. The van der Waals surface area contributed by atoms with E-state index in [2.05, 4.69) is 26.0 Å². The molecule has 0 radical (unpaired) electrons. The summed E-state index contributed by atoms with van der Waals surface area (Å²) in [6.07, 6.45) is 0.